The average molecular weight is 242 g/mol. The first-order chi connectivity index (χ1) is 7.58. The van der Waals surface area contributed by atoms with Gasteiger partial charge in [0, 0.05) is 0 Å². The Balaban J connectivity index is 2.70. The van der Waals surface area contributed by atoms with Crippen LogP contribution >= 0.6 is 11.3 Å². The summed E-state index contributed by atoms with van der Waals surface area (Å²) in [6.07, 6.45) is 2.06. The normalized spacial score (nSPS) is 13.5. The lowest BCUT2D eigenvalue weighted by Gasteiger charge is -2.14. The molecule has 7 heteroatoms. The lowest BCUT2D eigenvalue weighted by molar-refractivity contribution is 0.0949. The highest BCUT2D eigenvalue weighted by molar-refractivity contribution is 7.13. The van der Waals surface area contributed by atoms with Crippen molar-refractivity contribution in [3.05, 3.63) is 16.1 Å². The third-order valence-corrected chi connectivity index (χ3v) is 2.94. The van der Waals surface area contributed by atoms with Gasteiger partial charge in [0.05, 0.1) is 17.2 Å². The van der Waals surface area contributed by atoms with Gasteiger partial charge in [-0.3, -0.25) is 4.79 Å². The van der Waals surface area contributed by atoms with Crippen LogP contribution in [0.3, 0.4) is 0 Å². The number of hydrogen-bond donors (Lipinski definition) is 3. The smallest absolute Gasteiger partial charge is 0.263 e. The van der Waals surface area contributed by atoms with Crippen LogP contribution in [0.1, 0.15) is 28.0 Å². The van der Waals surface area contributed by atoms with E-state index in [2.05, 4.69) is 15.5 Å². The minimum Gasteiger partial charge on any atom is -0.409 e. The molecule has 0 aliphatic carbocycles. The Labute approximate surface area is 97.2 Å². The van der Waals surface area contributed by atoms with Gasteiger partial charge < -0.3 is 16.3 Å². The van der Waals surface area contributed by atoms with Gasteiger partial charge in [-0.2, -0.15) is 0 Å². The zero-order chi connectivity index (χ0) is 12.1. The van der Waals surface area contributed by atoms with Crippen molar-refractivity contribution in [2.75, 3.05) is 0 Å². The van der Waals surface area contributed by atoms with Crippen LogP contribution in [-0.2, 0) is 0 Å². The molecule has 0 saturated heterocycles. The SMILES string of the molecule is CCC(NC(=O)c1cnc(C)s1)C(N)=NO. The predicted octanol–water partition coefficient (Wildman–Crippen LogP) is 0.706. The molecule has 1 aromatic rings. The molecule has 16 heavy (non-hydrogen) atoms. The summed E-state index contributed by atoms with van der Waals surface area (Å²) in [5, 5.41) is 14.9. The highest BCUT2D eigenvalue weighted by Crippen LogP contribution is 2.11. The largest absolute Gasteiger partial charge is 0.409 e. The van der Waals surface area contributed by atoms with Gasteiger partial charge in [0.2, 0.25) is 0 Å². The summed E-state index contributed by atoms with van der Waals surface area (Å²) in [6, 6.07) is -0.458. The Morgan fingerprint density at radius 1 is 1.81 bits per heavy atom. The third-order valence-electron chi connectivity index (χ3n) is 2.03. The van der Waals surface area contributed by atoms with Crippen molar-refractivity contribution in [1.82, 2.24) is 10.3 Å². The summed E-state index contributed by atoms with van der Waals surface area (Å²) < 4.78 is 0. The maximum atomic E-state index is 11.7. The van der Waals surface area contributed by atoms with E-state index in [0.717, 1.165) is 5.01 Å². The van der Waals surface area contributed by atoms with Gasteiger partial charge in [-0.15, -0.1) is 11.3 Å². The Kier molecular flexibility index (Phi) is 4.24. The number of amidine groups is 1. The number of hydrogen-bond acceptors (Lipinski definition) is 5. The van der Waals surface area contributed by atoms with Gasteiger partial charge in [-0.1, -0.05) is 12.1 Å². The predicted molar refractivity (Wildman–Crippen MR) is 61.8 cm³/mol. The number of nitrogens with two attached hydrogens (primary N) is 1. The molecule has 1 heterocycles. The molecule has 0 aliphatic heterocycles. The number of carbonyl (C=O) groups is 1. The number of nitrogens with zero attached hydrogens (tertiary/aromatic N) is 2. The van der Waals surface area contributed by atoms with Gasteiger partial charge in [0.1, 0.15) is 4.88 Å². The molecule has 0 saturated carbocycles. The summed E-state index contributed by atoms with van der Waals surface area (Å²) in [5.74, 6) is -0.263. The van der Waals surface area contributed by atoms with E-state index in [1.807, 2.05) is 13.8 Å². The lowest BCUT2D eigenvalue weighted by atomic mass is 10.2. The molecular weight excluding hydrogens is 228 g/mol. The van der Waals surface area contributed by atoms with Gasteiger partial charge in [-0.05, 0) is 13.3 Å². The van der Waals surface area contributed by atoms with E-state index in [0.29, 0.717) is 11.3 Å². The summed E-state index contributed by atoms with van der Waals surface area (Å²) in [4.78, 5) is 16.2. The van der Waals surface area contributed by atoms with Crippen LogP contribution in [-0.4, -0.2) is 28.0 Å². The maximum Gasteiger partial charge on any atom is 0.263 e. The number of aryl methyl sites for hydroxylation is 1. The van der Waals surface area contributed by atoms with Gasteiger partial charge in [0.15, 0.2) is 5.84 Å². The van der Waals surface area contributed by atoms with Crippen molar-refractivity contribution in [3.63, 3.8) is 0 Å². The van der Waals surface area contributed by atoms with Crippen LogP contribution in [0, 0.1) is 6.92 Å². The van der Waals surface area contributed by atoms with Crippen molar-refractivity contribution in [1.29, 1.82) is 0 Å². The molecule has 1 rings (SSSR count). The van der Waals surface area contributed by atoms with Gasteiger partial charge in [0.25, 0.3) is 5.91 Å². The van der Waals surface area contributed by atoms with Crippen LogP contribution in [0.5, 0.6) is 0 Å². The molecule has 0 radical (unpaired) electrons. The molecule has 1 atom stereocenters. The summed E-state index contributed by atoms with van der Waals surface area (Å²) in [5.41, 5.74) is 5.43. The van der Waals surface area contributed by atoms with E-state index in [1.165, 1.54) is 17.5 Å². The highest BCUT2D eigenvalue weighted by atomic mass is 32.1. The van der Waals surface area contributed by atoms with Crippen LogP contribution in [0.25, 0.3) is 0 Å². The van der Waals surface area contributed by atoms with Crippen LogP contribution in [0.15, 0.2) is 11.4 Å². The second-order valence-electron chi connectivity index (χ2n) is 3.20. The number of carbonyl (C=O) groups excluding carboxylic acids is 1. The number of rotatable bonds is 4. The standard InChI is InChI=1S/C9H14N4O2S/c1-3-6(8(10)13-15)12-9(14)7-4-11-5(2)16-7/h4,6,15H,3H2,1-2H3,(H2,10,13)(H,12,14). The minimum absolute atomic E-state index is 0.00270. The van der Waals surface area contributed by atoms with Crippen LogP contribution in [0.2, 0.25) is 0 Å². The first-order valence-corrected chi connectivity index (χ1v) is 5.60. The zero-order valence-electron chi connectivity index (χ0n) is 9.10. The monoisotopic (exact) mass is 242 g/mol. The van der Waals surface area contributed by atoms with Crippen LogP contribution < -0.4 is 11.1 Å². The summed E-state index contributed by atoms with van der Waals surface area (Å²) in [6.45, 7) is 3.66. The summed E-state index contributed by atoms with van der Waals surface area (Å²) in [7, 11) is 0. The Bertz CT molecular complexity index is 402. The van der Waals surface area contributed by atoms with Gasteiger partial charge >= 0.3 is 0 Å². The zero-order valence-corrected chi connectivity index (χ0v) is 9.91. The minimum atomic E-state index is -0.458. The van der Waals surface area contributed by atoms with Crippen molar-refractivity contribution < 1.29 is 10.0 Å². The van der Waals surface area contributed by atoms with Crippen LogP contribution in [0.4, 0.5) is 0 Å². The molecule has 0 spiro atoms. The van der Waals surface area contributed by atoms with Crippen molar-refractivity contribution in [2.24, 2.45) is 10.9 Å². The molecule has 0 aliphatic rings. The molecule has 4 N–H and O–H groups in total. The molecule has 88 valence electrons. The number of aromatic nitrogens is 1. The first-order valence-electron chi connectivity index (χ1n) is 4.79. The van der Waals surface area contributed by atoms with E-state index in [4.69, 9.17) is 10.9 Å². The fraction of sp³-hybridized carbons (Fsp3) is 0.444. The lowest BCUT2D eigenvalue weighted by Crippen LogP contribution is -2.43. The second-order valence-corrected chi connectivity index (χ2v) is 4.44. The summed E-state index contributed by atoms with van der Waals surface area (Å²) >= 11 is 1.30. The maximum absolute atomic E-state index is 11.7. The molecule has 1 unspecified atom stereocenters. The van der Waals surface area contributed by atoms with E-state index < -0.39 is 6.04 Å². The van der Waals surface area contributed by atoms with Crippen molar-refractivity contribution >= 4 is 23.1 Å². The van der Waals surface area contributed by atoms with E-state index in [1.54, 1.807) is 0 Å². The highest BCUT2D eigenvalue weighted by Gasteiger charge is 2.17. The van der Waals surface area contributed by atoms with Gasteiger partial charge in [-0.25, -0.2) is 4.98 Å². The number of oxime groups is 1. The average Bonchev–Trinajstić information content (AvgIpc) is 2.71. The first kappa shape index (κ1) is 12.4. The van der Waals surface area contributed by atoms with Crippen molar-refractivity contribution in [3.8, 4) is 0 Å². The number of thiazole rings is 1. The Morgan fingerprint density at radius 3 is 2.94 bits per heavy atom. The third kappa shape index (κ3) is 2.93. The van der Waals surface area contributed by atoms with E-state index in [9.17, 15) is 4.79 Å². The fourth-order valence-electron chi connectivity index (χ4n) is 1.15. The molecular formula is C9H14N4O2S. The Morgan fingerprint density at radius 2 is 2.50 bits per heavy atom. The van der Waals surface area contributed by atoms with E-state index >= 15 is 0 Å². The van der Waals surface area contributed by atoms with Crippen molar-refractivity contribution in [2.45, 2.75) is 26.3 Å². The molecule has 0 aromatic carbocycles. The fourth-order valence-corrected chi connectivity index (χ4v) is 1.83. The second kappa shape index (κ2) is 5.45. The topological polar surface area (TPSA) is 101 Å². The molecule has 6 nitrogen and oxygen atoms in total. The molecule has 1 amide bonds. The Hall–Kier alpha value is -1.63. The molecule has 0 bridgehead atoms. The van der Waals surface area contributed by atoms with E-state index in [-0.39, 0.29) is 11.7 Å². The number of nitrogens with one attached hydrogen (secondary N) is 1. The molecule has 0 fully saturated rings. The quantitative estimate of drug-likeness (QED) is 0.313. The molecule has 1 aromatic heterocycles. The number of amides is 1.